The zero-order chi connectivity index (χ0) is 41.0. The summed E-state index contributed by atoms with van der Waals surface area (Å²) in [6, 6.07) is 14.5. The molecule has 7 atom stereocenters. The van der Waals surface area contributed by atoms with Crippen LogP contribution in [0.15, 0.2) is 67.3 Å². The van der Waals surface area contributed by atoms with Crippen molar-refractivity contribution in [2.75, 3.05) is 5.32 Å². The quantitative estimate of drug-likeness (QED) is 0.0512. The second-order valence-corrected chi connectivity index (χ2v) is 16.5. The Morgan fingerprint density at radius 2 is 1.65 bits per heavy atom. The number of nitrogens with one attached hydrogen (secondary N) is 3. The number of aliphatic hydroxyl groups excluding tert-OH is 1. The van der Waals surface area contributed by atoms with E-state index in [2.05, 4.69) is 36.5 Å². The monoisotopic (exact) mass is 791 g/mol. The summed E-state index contributed by atoms with van der Waals surface area (Å²) < 4.78 is 11.6. The Bertz CT molecular complexity index is 1650. The lowest BCUT2D eigenvalue weighted by atomic mass is 9.72. The first-order chi connectivity index (χ1) is 27.3. The zero-order valence-electron chi connectivity index (χ0n) is 33.8. The maximum absolute atomic E-state index is 13.6. The lowest BCUT2D eigenvalue weighted by Gasteiger charge is -2.36. The van der Waals surface area contributed by atoms with Gasteiger partial charge in [-0.15, -0.1) is 6.58 Å². The molecule has 3 fully saturated rings. The van der Waals surface area contributed by atoms with Crippen molar-refractivity contribution in [1.82, 2.24) is 10.8 Å². The van der Waals surface area contributed by atoms with Crippen molar-refractivity contribution < 1.29 is 48.4 Å². The van der Waals surface area contributed by atoms with Crippen molar-refractivity contribution in [3.63, 3.8) is 0 Å². The molecule has 1 spiro atoms. The number of rotatable bonds is 18. The fraction of sp³-hybridized carbons (Fsp3) is 0.591. The number of hydrogen-bond donors (Lipinski definition) is 4. The molecule has 0 aromatic heterocycles. The van der Waals surface area contributed by atoms with Crippen molar-refractivity contribution >= 4 is 29.6 Å². The Hall–Kier alpha value is -4.30. The number of allylic oxidation sites excluding steroid dienone is 1. The maximum atomic E-state index is 13.6. The number of hydroxylamine groups is 1. The van der Waals surface area contributed by atoms with Crippen LogP contribution in [-0.2, 0) is 45.1 Å². The number of ether oxygens (including phenoxy) is 2. The number of hydrogen-bond acceptors (Lipinski definition) is 10. The van der Waals surface area contributed by atoms with Crippen molar-refractivity contribution in [2.45, 2.75) is 147 Å². The van der Waals surface area contributed by atoms with Crippen LogP contribution in [0.1, 0.15) is 122 Å². The maximum Gasteiger partial charge on any atom is 0.411 e. The van der Waals surface area contributed by atoms with Crippen molar-refractivity contribution in [2.24, 2.45) is 17.8 Å². The topological polar surface area (TPSA) is 171 Å². The minimum Gasteiger partial charge on any atom is -0.461 e. The van der Waals surface area contributed by atoms with Crippen LogP contribution in [0.2, 0.25) is 0 Å². The first-order valence-electron chi connectivity index (χ1n) is 20.5. The fourth-order valence-electron chi connectivity index (χ4n) is 8.47. The van der Waals surface area contributed by atoms with Gasteiger partial charge < -0.3 is 19.9 Å². The van der Waals surface area contributed by atoms with E-state index < -0.39 is 53.1 Å². The molecule has 1 aliphatic heterocycles. The molecule has 2 aliphatic carbocycles. The summed E-state index contributed by atoms with van der Waals surface area (Å²) in [4.78, 5) is 70.2. The van der Waals surface area contributed by atoms with Gasteiger partial charge in [-0.05, 0) is 99.8 Å². The Labute approximate surface area is 336 Å². The van der Waals surface area contributed by atoms with E-state index in [1.165, 1.54) is 0 Å². The van der Waals surface area contributed by atoms with Crippen molar-refractivity contribution in [3.8, 4) is 0 Å². The third kappa shape index (κ3) is 12.1. The number of anilines is 1. The minimum atomic E-state index is -1.76. The average Bonchev–Trinajstić information content (AvgIpc) is 3.82. The van der Waals surface area contributed by atoms with Crippen molar-refractivity contribution in [1.29, 1.82) is 0 Å². The van der Waals surface area contributed by atoms with Crippen LogP contribution in [0.5, 0.6) is 0 Å². The standard InChI is InChI=1S/C44H61N3O10/c1-6-14-32(7-2)43(5)28-44(57-56-43)24-13-19-35(26-44)55-42(52)45-33-22-20-30(21-23-33)27-53-47-40(50)38(48)36(25-29(3)4)39(49)46-37(31-15-9-8-10-16-31)41(51)54-34-17-11-12-18-34/h6,8-10,15-16,20-23,29,32,34-38,48H,1,7,11-14,17-19,24-28H2,2-5H3,(H,45,52)(H,46,49)(H,47,50)/t32?,35?,36-,37+,38+,43+,44-/m1/s1. The van der Waals surface area contributed by atoms with Gasteiger partial charge in [0.25, 0.3) is 5.91 Å². The number of benzene rings is 2. The molecule has 13 nitrogen and oxygen atoms in total. The lowest BCUT2D eigenvalue weighted by Crippen LogP contribution is -2.48. The fourth-order valence-corrected chi connectivity index (χ4v) is 8.47. The van der Waals surface area contributed by atoms with Crippen molar-refractivity contribution in [3.05, 3.63) is 78.4 Å². The van der Waals surface area contributed by atoms with Gasteiger partial charge in [-0.3, -0.25) is 19.7 Å². The number of amides is 3. The Balaban J connectivity index is 1.09. The van der Waals surface area contributed by atoms with Gasteiger partial charge in [-0.2, -0.15) is 0 Å². The largest absolute Gasteiger partial charge is 0.461 e. The average molecular weight is 792 g/mol. The number of carbonyl (C=O) groups is 4. The summed E-state index contributed by atoms with van der Waals surface area (Å²) in [5.74, 6) is -3.06. The third-order valence-electron chi connectivity index (χ3n) is 11.5. The van der Waals surface area contributed by atoms with Gasteiger partial charge in [0.15, 0.2) is 6.04 Å². The van der Waals surface area contributed by atoms with Crippen LogP contribution in [-0.4, -0.2) is 58.5 Å². The van der Waals surface area contributed by atoms with Gasteiger partial charge in [0, 0.05) is 18.5 Å². The van der Waals surface area contributed by atoms with Crippen LogP contribution in [0.4, 0.5) is 10.5 Å². The highest BCUT2D eigenvalue weighted by atomic mass is 17.2. The summed E-state index contributed by atoms with van der Waals surface area (Å²) in [7, 11) is 0. The molecule has 13 heteroatoms. The van der Waals surface area contributed by atoms with E-state index in [0.717, 1.165) is 64.2 Å². The highest BCUT2D eigenvalue weighted by Gasteiger charge is 2.54. The lowest BCUT2D eigenvalue weighted by molar-refractivity contribution is -0.361. The second kappa shape index (κ2) is 20.4. The first-order valence-corrected chi connectivity index (χ1v) is 20.5. The molecular formula is C44H61N3O10. The number of carbonyl (C=O) groups excluding carboxylic acids is 4. The highest BCUT2D eigenvalue weighted by Crippen LogP contribution is 2.49. The highest BCUT2D eigenvalue weighted by molar-refractivity contribution is 5.91. The van der Waals surface area contributed by atoms with Gasteiger partial charge in [0.05, 0.1) is 12.5 Å². The minimum absolute atomic E-state index is 0.0514. The van der Waals surface area contributed by atoms with E-state index in [-0.39, 0.29) is 37.1 Å². The molecule has 3 aliphatic rings. The van der Waals surface area contributed by atoms with Crippen LogP contribution in [0.3, 0.4) is 0 Å². The number of esters is 1. The summed E-state index contributed by atoms with van der Waals surface area (Å²) in [5, 5.41) is 16.6. The van der Waals surface area contributed by atoms with Gasteiger partial charge in [-0.1, -0.05) is 75.7 Å². The SMILES string of the molecule is C=CCC(CC)[C@]1(C)C[C@]2(CCCC(OC(=O)Nc3ccc(CONC(=O)[C@@H](O)[C@@H](CC(C)C)C(=O)N[C@H](C(=O)OC4CCCC4)c4ccccc4)cc3)C2)OO1. The smallest absolute Gasteiger partial charge is 0.411 e. The zero-order valence-corrected chi connectivity index (χ0v) is 33.8. The summed E-state index contributed by atoms with van der Waals surface area (Å²) in [6.45, 7) is 11.8. The Morgan fingerprint density at radius 3 is 2.32 bits per heavy atom. The van der Waals surface area contributed by atoms with E-state index in [1.807, 2.05) is 19.9 Å². The molecule has 0 bridgehead atoms. The summed E-state index contributed by atoms with van der Waals surface area (Å²) >= 11 is 0. The van der Waals surface area contributed by atoms with Crippen LogP contribution in [0, 0.1) is 17.8 Å². The third-order valence-corrected chi connectivity index (χ3v) is 11.5. The van der Waals surface area contributed by atoms with E-state index in [4.69, 9.17) is 24.1 Å². The summed E-state index contributed by atoms with van der Waals surface area (Å²) in [6.07, 6.45) is 8.28. The molecular weight excluding hydrogens is 730 g/mol. The van der Waals surface area contributed by atoms with Gasteiger partial charge in [0.1, 0.15) is 29.5 Å². The van der Waals surface area contributed by atoms with Crippen LogP contribution in [0.25, 0.3) is 0 Å². The molecule has 1 heterocycles. The van der Waals surface area contributed by atoms with E-state index in [1.54, 1.807) is 54.6 Å². The van der Waals surface area contributed by atoms with Crippen LogP contribution >= 0.6 is 0 Å². The van der Waals surface area contributed by atoms with E-state index in [9.17, 15) is 24.3 Å². The Kier molecular flexibility index (Phi) is 15.7. The number of aliphatic hydroxyl groups is 1. The molecule has 5 rings (SSSR count). The molecule has 312 valence electrons. The first kappa shape index (κ1) is 43.8. The van der Waals surface area contributed by atoms with Crippen LogP contribution < -0.4 is 16.1 Å². The van der Waals surface area contributed by atoms with E-state index >= 15 is 0 Å². The van der Waals surface area contributed by atoms with E-state index in [0.29, 0.717) is 23.2 Å². The molecule has 0 radical (unpaired) electrons. The predicted molar refractivity (Wildman–Crippen MR) is 213 cm³/mol. The van der Waals surface area contributed by atoms with Gasteiger partial charge >= 0.3 is 12.1 Å². The molecule has 1 saturated heterocycles. The molecule has 2 saturated carbocycles. The molecule has 2 unspecified atom stereocenters. The normalized spacial score (nSPS) is 24.3. The predicted octanol–water partition coefficient (Wildman–Crippen LogP) is 7.54. The van der Waals surface area contributed by atoms with Gasteiger partial charge in [0.2, 0.25) is 5.91 Å². The molecule has 4 N–H and O–H groups in total. The molecule has 57 heavy (non-hydrogen) atoms. The Morgan fingerprint density at radius 1 is 0.947 bits per heavy atom. The molecule has 3 amide bonds. The second-order valence-electron chi connectivity index (χ2n) is 16.5. The summed E-state index contributed by atoms with van der Waals surface area (Å²) in [5.41, 5.74) is 3.07. The molecule has 2 aromatic rings. The van der Waals surface area contributed by atoms with Gasteiger partial charge in [-0.25, -0.2) is 24.8 Å². The molecule has 2 aromatic carbocycles.